The van der Waals surface area contributed by atoms with Crippen molar-refractivity contribution in [1.82, 2.24) is 0 Å². The molecule has 1 saturated carbocycles. The number of amides is 1. The number of benzene rings is 1. The van der Waals surface area contributed by atoms with Crippen LogP contribution in [0.2, 0.25) is 0 Å². The Labute approximate surface area is 129 Å². The summed E-state index contributed by atoms with van der Waals surface area (Å²) >= 11 is 1.67. The lowest BCUT2D eigenvalue weighted by Gasteiger charge is -2.22. The molecule has 3 nitrogen and oxygen atoms in total. The summed E-state index contributed by atoms with van der Waals surface area (Å²) in [7, 11) is 0. The maximum atomic E-state index is 12.3. The molecule has 1 fully saturated rings. The van der Waals surface area contributed by atoms with Crippen LogP contribution in [0.5, 0.6) is 0 Å². The fourth-order valence-corrected chi connectivity index (χ4v) is 3.77. The Balaban J connectivity index is 1.74. The van der Waals surface area contributed by atoms with E-state index in [0.29, 0.717) is 6.42 Å². The first-order valence-corrected chi connectivity index (χ1v) is 8.26. The summed E-state index contributed by atoms with van der Waals surface area (Å²) in [5, 5.41) is 5.08. The molecule has 0 aliphatic heterocycles. The molecule has 3 rings (SSSR count). The summed E-state index contributed by atoms with van der Waals surface area (Å²) in [6, 6.07) is 12.0. The molecule has 0 radical (unpaired) electrons. The fourth-order valence-electron chi connectivity index (χ4n) is 3.01. The van der Waals surface area contributed by atoms with Crippen LogP contribution in [0.3, 0.4) is 0 Å². The third-order valence-electron chi connectivity index (χ3n) is 4.10. The van der Waals surface area contributed by atoms with Crippen LogP contribution in [0.1, 0.15) is 32.1 Å². The molecule has 1 aromatic carbocycles. The molecule has 0 unspecified atom stereocenters. The van der Waals surface area contributed by atoms with Gasteiger partial charge in [0.05, 0.1) is 0 Å². The van der Waals surface area contributed by atoms with E-state index in [2.05, 4.69) is 11.4 Å². The van der Waals surface area contributed by atoms with Crippen molar-refractivity contribution in [2.45, 2.75) is 37.6 Å². The minimum Gasteiger partial charge on any atom is -0.325 e. The largest absolute Gasteiger partial charge is 0.325 e. The van der Waals surface area contributed by atoms with E-state index in [-0.39, 0.29) is 11.4 Å². The maximum absolute atomic E-state index is 12.3. The highest BCUT2D eigenvalue weighted by molar-refractivity contribution is 7.13. The lowest BCUT2D eigenvalue weighted by atomic mass is 9.94. The van der Waals surface area contributed by atoms with E-state index in [1.165, 1.54) is 0 Å². The zero-order valence-electron chi connectivity index (χ0n) is 12.0. The van der Waals surface area contributed by atoms with E-state index in [0.717, 1.165) is 41.8 Å². The predicted octanol–water partition coefficient (Wildman–Crippen LogP) is 4.02. The Morgan fingerprint density at radius 1 is 1.19 bits per heavy atom. The van der Waals surface area contributed by atoms with Gasteiger partial charge in [0, 0.05) is 28.1 Å². The van der Waals surface area contributed by atoms with Gasteiger partial charge >= 0.3 is 0 Å². The molecule has 4 heteroatoms. The average molecular weight is 300 g/mol. The third kappa shape index (κ3) is 3.34. The molecule has 1 heterocycles. The van der Waals surface area contributed by atoms with Crippen LogP contribution in [-0.2, 0) is 4.79 Å². The third-order valence-corrected chi connectivity index (χ3v) is 5.00. The van der Waals surface area contributed by atoms with Gasteiger partial charge in [0.15, 0.2) is 0 Å². The lowest BCUT2D eigenvalue weighted by Crippen LogP contribution is -2.40. The summed E-state index contributed by atoms with van der Waals surface area (Å²) < 4.78 is 0. The molecular weight excluding hydrogens is 280 g/mol. The van der Waals surface area contributed by atoms with Crippen molar-refractivity contribution in [3.05, 3.63) is 41.8 Å². The highest BCUT2D eigenvalue weighted by Gasteiger charge is 2.31. The van der Waals surface area contributed by atoms with Gasteiger partial charge in [-0.3, -0.25) is 4.79 Å². The molecule has 0 bridgehead atoms. The number of carbonyl (C=O) groups is 1. The fraction of sp³-hybridized carbons (Fsp3) is 0.353. The highest BCUT2D eigenvalue weighted by Crippen LogP contribution is 2.33. The van der Waals surface area contributed by atoms with Crippen LogP contribution in [0.4, 0.5) is 5.69 Å². The van der Waals surface area contributed by atoms with Gasteiger partial charge in [0.25, 0.3) is 0 Å². The second kappa shape index (κ2) is 6.00. The highest BCUT2D eigenvalue weighted by atomic mass is 32.1. The van der Waals surface area contributed by atoms with E-state index >= 15 is 0 Å². The maximum Gasteiger partial charge on any atom is 0.226 e. The lowest BCUT2D eigenvalue weighted by molar-refractivity contribution is -0.117. The molecule has 1 amide bonds. The molecule has 110 valence electrons. The summed E-state index contributed by atoms with van der Waals surface area (Å²) in [5.74, 6) is 0.0170. The quantitative estimate of drug-likeness (QED) is 0.896. The normalized spacial score (nSPS) is 16.8. The van der Waals surface area contributed by atoms with Crippen molar-refractivity contribution >= 4 is 22.9 Å². The molecule has 2 aromatic rings. The first-order chi connectivity index (χ1) is 10.2. The number of carbonyl (C=O) groups excluding carboxylic acids is 1. The standard InChI is InChI=1S/C17H20N2OS/c18-17(9-3-4-10-17)12-16(20)19-14-7-2-1-6-13(14)15-8-5-11-21-15/h1-2,5-8,11H,3-4,9-10,12,18H2,(H,19,20). The summed E-state index contributed by atoms with van der Waals surface area (Å²) in [6.07, 6.45) is 4.58. The van der Waals surface area contributed by atoms with Gasteiger partial charge in [-0.05, 0) is 30.4 Å². The van der Waals surface area contributed by atoms with E-state index in [1.807, 2.05) is 35.7 Å². The summed E-state index contributed by atoms with van der Waals surface area (Å²) in [6.45, 7) is 0. The van der Waals surface area contributed by atoms with Crippen LogP contribution in [-0.4, -0.2) is 11.4 Å². The van der Waals surface area contributed by atoms with Crippen LogP contribution in [0.25, 0.3) is 10.4 Å². The molecule has 1 aliphatic carbocycles. The number of thiophene rings is 1. The zero-order chi connectivity index (χ0) is 14.7. The number of hydrogen-bond acceptors (Lipinski definition) is 3. The van der Waals surface area contributed by atoms with Crippen LogP contribution >= 0.6 is 11.3 Å². The number of nitrogens with two attached hydrogens (primary N) is 1. The van der Waals surface area contributed by atoms with Crippen molar-refractivity contribution in [2.24, 2.45) is 5.73 Å². The molecule has 3 N–H and O–H groups in total. The van der Waals surface area contributed by atoms with Crippen LogP contribution in [0, 0.1) is 0 Å². The van der Waals surface area contributed by atoms with Crippen LogP contribution in [0.15, 0.2) is 41.8 Å². The second-order valence-electron chi connectivity index (χ2n) is 5.82. The molecular formula is C17H20N2OS. The van der Waals surface area contributed by atoms with Crippen molar-refractivity contribution < 1.29 is 4.79 Å². The van der Waals surface area contributed by atoms with Gasteiger partial charge in [0.1, 0.15) is 0 Å². The van der Waals surface area contributed by atoms with Gasteiger partial charge in [-0.2, -0.15) is 0 Å². The Bertz CT molecular complexity index is 615. The Morgan fingerprint density at radius 2 is 1.95 bits per heavy atom. The topological polar surface area (TPSA) is 55.1 Å². The molecule has 21 heavy (non-hydrogen) atoms. The summed E-state index contributed by atoms with van der Waals surface area (Å²) in [5.41, 5.74) is 7.92. The minimum atomic E-state index is -0.304. The predicted molar refractivity (Wildman–Crippen MR) is 88.4 cm³/mol. The Hall–Kier alpha value is -1.65. The molecule has 0 spiro atoms. The van der Waals surface area contributed by atoms with Gasteiger partial charge in [-0.25, -0.2) is 0 Å². The number of anilines is 1. The number of nitrogens with one attached hydrogen (secondary N) is 1. The SMILES string of the molecule is NC1(CC(=O)Nc2ccccc2-c2cccs2)CCCC1. The Kier molecular flexibility index (Phi) is 4.08. The van der Waals surface area contributed by atoms with Gasteiger partial charge < -0.3 is 11.1 Å². The van der Waals surface area contributed by atoms with Gasteiger partial charge in [0.2, 0.25) is 5.91 Å². The van der Waals surface area contributed by atoms with E-state index in [9.17, 15) is 4.79 Å². The summed E-state index contributed by atoms with van der Waals surface area (Å²) in [4.78, 5) is 13.5. The van der Waals surface area contributed by atoms with E-state index in [4.69, 9.17) is 5.73 Å². The monoisotopic (exact) mass is 300 g/mol. The van der Waals surface area contributed by atoms with E-state index in [1.54, 1.807) is 11.3 Å². The smallest absolute Gasteiger partial charge is 0.226 e. The van der Waals surface area contributed by atoms with Crippen molar-refractivity contribution in [3.8, 4) is 10.4 Å². The van der Waals surface area contributed by atoms with Crippen LogP contribution < -0.4 is 11.1 Å². The Morgan fingerprint density at radius 3 is 2.67 bits per heavy atom. The number of rotatable bonds is 4. The molecule has 1 aromatic heterocycles. The van der Waals surface area contributed by atoms with Crippen molar-refractivity contribution in [3.63, 3.8) is 0 Å². The first-order valence-electron chi connectivity index (χ1n) is 7.38. The number of para-hydroxylation sites is 1. The molecule has 0 saturated heterocycles. The molecule has 1 aliphatic rings. The zero-order valence-corrected chi connectivity index (χ0v) is 12.8. The average Bonchev–Trinajstić information content (AvgIpc) is 3.11. The van der Waals surface area contributed by atoms with Gasteiger partial charge in [-0.1, -0.05) is 37.1 Å². The molecule has 0 atom stereocenters. The first kappa shape index (κ1) is 14.3. The van der Waals surface area contributed by atoms with Gasteiger partial charge in [-0.15, -0.1) is 11.3 Å². The second-order valence-corrected chi connectivity index (χ2v) is 6.77. The van der Waals surface area contributed by atoms with Crippen molar-refractivity contribution in [2.75, 3.05) is 5.32 Å². The minimum absolute atomic E-state index is 0.0170. The van der Waals surface area contributed by atoms with E-state index < -0.39 is 0 Å². The van der Waals surface area contributed by atoms with Crippen molar-refractivity contribution in [1.29, 1.82) is 0 Å². The number of hydrogen-bond donors (Lipinski definition) is 2.